The second-order valence-electron chi connectivity index (χ2n) is 9.64. The monoisotopic (exact) mass is 437 g/mol. The standard InChI is InChI=1S/C26H39N5O/c1-3-25-27-20(2)24(29-25)19-30-14-11-21(12-15-30)9-10-26(32)28-23-13-16-31(18-23)17-22-7-5-4-6-8-22/h4-8,21,23H,3,9-19H2,1-2H3,(H,27,29)(H,28,32). The van der Waals surface area contributed by atoms with Crippen LogP contribution in [0.4, 0.5) is 0 Å². The number of rotatable bonds is 9. The van der Waals surface area contributed by atoms with E-state index in [1.54, 1.807) is 0 Å². The molecule has 174 valence electrons. The van der Waals surface area contributed by atoms with Crippen molar-refractivity contribution in [2.45, 2.75) is 71.5 Å². The molecule has 0 spiro atoms. The van der Waals surface area contributed by atoms with Gasteiger partial charge in [0.2, 0.25) is 5.91 Å². The van der Waals surface area contributed by atoms with Crippen molar-refractivity contribution in [3.63, 3.8) is 0 Å². The number of imidazole rings is 1. The van der Waals surface area contributed by atoms with E-state index in [1.165, 1.54) is 29.8 Å². The first kappa shape index (κ1) is 23.0. The molecule has 2 aliphatic rings. The van der Waals surface area contributed by atoms with E-state index in [0.29, 0.717) is 18.4 Å². The number of aryl methyl sites for hydroxylation is 2. The molecule has 0 bridgehead atoms. The van der Waals surface area contributed by atoms with Crippen LogP contribution in [0.25, 0.3) is 0 Å². The number of hydrogen-bond acceptors (Lipinski definition) is 4. The molecule has 1 aromatic heterocycles. The van der Waals surface area contributed by atoms with Gasteiger partial charge in [-0.05, 0) is 57.2 Å². The van der Waals surface area contributed by atoms with E-state index in [0.717, 1.165) is 64.4 Å². The molecule has 0 aliphatic carbocycles. The zero-order valence-electron chi connectivity index (χ0n) is 19.8. The van der Waals surface area contributed by atoms with Gasteiger partial charge in [-0.25, -0.2) is 4.98 Å². The SMILES string of the molecule is CCc1nc(CN2CCC(CCC(=O)NC3CCN(Cc4ccccc4)C3)CC2)c(C)[nH]1. The molecule has 32 heavy (non-hydrogen) atoms. The minimum Gasteiger partial charge on any atom is -0.352 e. The minimum atomic E-state index is 0.234. The van der Waals surface area contributed by atoms with Crippen molar-refractivity contribution in [3.05, 3.63) is 53.1 Å². The van der Waals surface area contributed by atoms with Gasteiger partial charge in [-0.1, -0.05) is 37.3 Å². The number of amides is 1. The van der Waals surface area contributed by atoms with Crippen molar-refractivity contribution in [1.82, 2.24) is 25.1 Å². The van der Waals surface area contributed by atoms with Gasteiger partial charge in [-0.2, -0.15) is 0 Å². The summed E-state index contributed by atoms with van der Waals surface area (Å²) in [4.78, 5) is 25.6. The first-order chi connectivity index (χ1) is 15.6. The van der Waals surface area contributed by atoms with E-state index in [1.807, 2.05) is 0 Å². The Kier molecular flexibility index (Phi) is 7.98. The van der Waals surface area contributed by atoms with Gasteiger partial charge in [-0.3, -0.25) is 14.6 Å². The highest BCUT2D eigenvalue weighted by atomic mass is 16.1. The number of hydrogen-bond donors (Lipinski definition) is 2. The molecule has 2 N–H and O–H groups in total. The van der Waals surface area contributed by atoms with Crippen LogP contribution in [0.15, 0.2) is 30.3 Å². The summed E-state index contributed by atoms with van der Waals surface area (Å²) in [5.41, 5.74) is 3.74. The van der Waals surface area contributed by atoms with Crippen LogP contribution in [-0.4, -0.2) is 57.9 Å². The molecule has 2 aliphatic heterocycles. The van der Waals surface area contributed by atoms with Crippen molar-refractivity contribution in [3.8, 4) is 0 Å². The lowest BCUT2D eigenvalue weighted by molar-refractivity contribution is -0.122. The van der Waals surface area contributed by atoms with Crippen molar-refractivity contribution in [2.75, 3.05) is 26.2 Å². The minimum absolute atomic E-state index is 0.234. The van der Waals surface area contributed by atoms with Crippen molar-refractivity contribution < 1.29 is 4.79 Å². The van der Waals surface area contributed by atoms with Crippen LogP contribution < -0.4 is 5.32 Å². The van der Waals surface area contributed by atoms with E-state index < -0.39 is 0 Å². The Morgan fingerprint density at radius 2 is 1.84 bits per heavy atom. The van der Waals surface area contributed by atoms with Crippen molar-refractivity contribution >= 4 is 5.91 Å². The van der Waals surface area contributed by atoms with Gasteiger partial charge in [-0.15, -0.1) is 0 Å². The van der Waals surface area contributed by atoms with Crippen LogP contribution in [0.3, 0.4) is 0 Å². The lowest BCUT2D eigenvalue weighted by Gasteiger charge is -2.31. The third-order valence-electron chi connectivity index (χ3n) is 7.12. The van der Waals surface area contributed by atoms with Crippen LogP contribution in [-0.2, 0) is 24.3 Å². The summed E-state index contributed by atoms with van der Waals surface area (Å²) >= 11 is 0. The molecule has 4 rings (SSSR count). The summed E-state index contributed by atoms with van der Waals surface area (Å²) in [6, 6.07) is 10.9. The maximum atomic E-state index is 12.5. The summed E-state index contributed by atoms with van der Waals surface area (Å²) in [6.07, 6.45) is 6.07. The Labute approximate surface area is 192 Å². The summed E-state index contributed by atoms with van der Waals surface area (Å²) in [6.45, 7) is 10.4. The Morgan fingerprint density at radius 3 is 2.56 bits per heavy atom. The molecular weight excluding hydrogens is 398 g/mol. The number of nitrogens with zero attached hydrogens (tertiary/aromatic N) is 3. The predicted molar refractivity (Wildman–Crippen MR) is 128 cm³/mol. The van der Waals surface area contributed by atoms with Crippen LogP contribution in [0.5, 0.6) is 0 Å². The Bertz CT molecular complexity index is 856. The fraction of sp³-hybridized carbons (Fsp3) is 0.615. The van der Waals surface area contributed by atoms with Crippen molar-refractivity contribution in [1.29, 1.82) is 0 Å². The van der Waals surface area contributed by atoms with E-state index >= 15 is 0 Å². The number of nitrogens with one attached hydrogen (secondary N) is 2. The molecule has 0 saturated carbocycles. The number of piperidine rings is 1. The molecule has 1 aromatic carbocycles. The number of aromatic amines is 1. The van der Waals surface area contributed by atoms with Gasteiger partial charge in [0, 0.05) is 50.8 Å². The fourth-order valence-corrected chi connectivity index (χ4v) is 5.10. The Morgan fingerprint density at radius 1 is 1.09 bits per heavy atom. The second-order valence-corrected chi connectivity index (χ2v) is 9.64. The summed E-state index contributed by atoms with van der Waals surface area (Å²) < 4.78 is 0. The van der Waals surface area contributed by atoms with Gasteiger partial charge >= 0.3 is 0 Å². The number of carbonyl (C=O) groups is 1. The van der Waals surface area contributed by atoms with E-state index in [2.05, 4.69) is 64.3 Å². The quantitative estimate of drug-likeness (QED) is 0.628. The fourth-order valence-electron chi connectivity index (χ4n) is 5.10. The van der Waals surface area contributed by atoms with Gasteiger partial charge < -0.3 is 10.3 Å². The average molecular weight is 438 g/mol. The molecule has 6 heteroatoms. The molecule has 1 amide bonds. The lowest BCUT2D eigenvalue weighted by atomic mass is 9.92. The molecule has 2 fully saturated rings. The average Bonchev–Trinajstić information content (AvgIpc) is 3.39. The highest BCUT2D eigenvalue weighted by Crippen LogP contribution is 2.23. The third kappa shape index (κ3) is 6.42. The molecular formula is C26H39N5O. The Balaban J connectivity index is 1.12. The van der Waals surface area contributed by atoms with Gasteiger partial charge in [0.1, 0.15) is 5.82 Å². The summed E-state index contributed by atoms with van der Waals surface area (Å²) in [5.74, 6) is 1.99. The summed E-state index contributed by atoms with van der Waals surface area (Å²) in [7, 11) is 0. The molecule has 1 atom stereocenters. The number of carbonyl (C=O) groups excluding carboxylic acids is 1. The largest absolute Gasteiger partial charge is 0.352 e. The van der Waals surface area contributed by atoms with E-state index in [4.69, 9.17) is 4.98 Å². The zero-order chi connectivity index (χ0) is 22.3. The topological polar surface area (TPSA) is 64.3 Å². The van der Waals surface area contributed by atoms with Gasteiger partial charge in [0.15, 0.2) is 0 Å². The number of H-pyrrole nitrogens is 1. The lowest BCUT2D eigenvalue weighted by Crippen LogP contribution is -2.37. The van der Waals surface area contributed by atoms with Crippen molar-refractivity contribution in [2.24, 2.45) is 5.92 Å². The maximum Gasteiger partial charge on any atom is 0.220 e. The number of benzene rings is 1. The third-order valence-corrected chi connectivity index (χ3v) is 7.12. The molecule has 1 unspecified atom stereocenters. The molecule has 2 saturated heterocycles. The molecule has 2 aromatic rings. The zero-order valence-corrected chi connectivity index (χ0v) is 19.8. The molecule has 3 heterocycles. The smallest absolute Gasteiger partial charge is 0.220 e. The Hall–Kier alpha value is -2.18. The first-order valence-electron chi connectivity index (χ1n) is 12.4. The highest BCUT2D eigenvalue weighted by Gasteiger charge is 2.25. The van der Waals surface area contributed by atoms with Crippen LogP contribution >= 0.6 is 0 Å². The highest BCUT2D eigenvalue weighted by molar-refractivity contribution is 5.76. The van der Waals surface area contributed by atoms with E-state index in [9.17, 15) is 4.79 Å². The first-order valence-corrected chi connectivity index (χ1v) is 12.4. The van der Waals surface area contributed by atoms with Crippen LogP contribution in [0.2, 0.25) is 0 Å². The van der Waals surface area contributed by atoms with E-state index in [-0.39, 0.29) is 5.91 Å². The van der Waals surface area contributed by atoms with Crippen LogP contribution in [0.1, 0.15) is 61.8 Å². The van der Waals surface area contributed by atoms with Gasteiger partial charge in [0.05, 0.1) is 5.69 Å². The number of likely N-dealkylation sites (tertiary alicyclic amines) is 2. The number of aromatic nitrogens is 2. The predicted octanol–water partition coefficient (Wildman–Crippen LogP) is 3.66. The molecule has 0 radical (unpaired) electrons. The second kappa shape index (κ2) is 11.1. The maximum absolute atomic E-state index is 12.5. The summed E-state index contributed by atoms with van der Waals surface area (Å²) in [5, 5.41) is 3.29. The van der Waals surface area contributed by atoms with Crippen LogP contribution in [0, 0.1) is 12.8 Å². The molecule has 6 nitrogen and oxygen atoms in total. The van der Waals surface area contributed by atoms with Gasteiger partial charge in [0.25, 0.3) is 0 Å². The normalized spacial score (nSPS) is 20.6.